The molecule has 0 amide bonds. The number of carboxylic acids is 1. The largest absolute Gasteiger partial charge is 0.496 e. The molecule has 5 nitrogen and oxygen atoms in total. The van der Waals surface area contributed by atoms with Gasteiger partial charge in [-0.05, 0) is 18.2 Å². The van der Waals surface area contributed by atoms with Crippen molar-refractivity contribution >= 4 is 5.97 Å². The molecule has 1 aromatic heterocycles. The maximum absolute atomic E-state index is 12.8. The summed E-state index contributed by atoms with van der Waals surface area (Å²) in [6.07, 6.45) is -4.60. The van der Waals surface area contributed by atoms with Crippen LogP contribution in [0.2, 0.25) is 0 Å². The first-order valence-electron chi connectivity index (χ1n) is 5.28. The molecule has 0 aliphatic heterocycles. The van der Waals surface area contributed by atoms with Crippen molar-refractivity contribution in [3.05, 3.63) is 35.6 Å². The van der Waals surface area contributed by atoms with E-state index >= 15 is 0 Å². The van der Waals surface area contributed by atoms with Crippen LogP contribution >= 0.6 is 0 Å². The van der Waals surface area contributed by atoms with Crippen LogP contribution in [0.15, 0.2) is 28.8 Å². The fraction of sp³-hybridized carbons (Fsp3) is 0.167. The SMILES string of the molecule is COc1ccc(-c2cc(C(=O)O)on2)cc1C(F)(F)F. The molecular weight excluding hydrogens is 279 g/mol. The van der Waals surface area contributed by atoms with Crippen LogP contribution in [-0.2, 0) is 6.18 Å². The maximum atomic E-state index is 12.8. The van der Waals surface area contributed by atoms with Gasteiger partial charge in [-0.2, -0.15) is 13.2 Å². The smallest absolute Gasteiger partial charge is 0.419 e. The van der Waals surface area contributed by atoms with E-state index in [1.54, 1.807) is 0 Å². The monoisotopic (exact) mass is 287 g/mol. The standard InChI is InChI=1S/C12H8F3NO4/c1-19-9-3-2-6(4-7(9)12(13,14)15)8-5-10(11(17)18)20-16-8/h2-5H,1H3,(H,17,18). The van der Waals surface area contributed by atoms with Crippen molar-refractivity contribution in [2.24, 2.45) is 0 Å². The first-order valence-corrected chi connectivity index (χ1v) is 5.28. The summed E-state index contributed by atoms with van der Waals surface area (Å²) in [6, 6.07) is 4.33. The zero-order valence-electron chi connectivity index (χ0n) is 10.1. The minimum atomic E-state index is -4.60. The fourth-order valence-corrected chi connectivity index (χ4v) is 1.60. The number of methoxy groups -OCH3 is 1. The van der Waals surface area contributed by atoms with E-state index < -0.39 is 23.5 Å². The van der Waals surface area contributed by atoms with E-state index in [9.17, 15) is 18.0 Å². The first kappa shape index (κ1) is 13.9. The van der Waals surface area contributed by atoms with Crippen LogP contribution in [0, 0.1) is 0 Å². The van der Waals surface area contributed by atoms with Crippen molar-refractivity contribution in [2.75, 3.05) is 7.11 Å². The lowest BCUT2D eigenvalue weighted by atomic mass is 10.1. The Morgan fingerprint density at radius 2 is 2.05 bits per heavy atom. The van der Waals surface area contributed by atoms with E-state index in [1.807, 2.05) is 0 Å². The fourth-order valence-electron chi connectivity index (χ4n) is 1.60. The van der Waals surface area contributed by atoms with Gasteiger partial charge in [0, 0.05) is 11.6 Å². The van der Waals surface area contributed by atoms with E-state index in [-0.39, 0.29) is 17.0 Å². The third kappa shape index (κ3) is 2.58. The molecule has 0 radical (unpaired) electrons. The van der Waals surface area contributed by atoms with Gasteiger partial charge in [-0.1, -0.05) is 5.16 Å². The normalized spacial score (nSPS) is 11.4. The minimum Gasteiger partial charge on any atom is -0.496 e. The number of aromatic carboxylic acids is 1. The number of halogens is 3. The molecule has 0 saturated carbocycles. The van der Waals surface area contributed by atoms with Crippen molar-refractivity contribution in [1.82, 2.24) is 5.16 Å². The number of nitrogens with zero attached hydrogens (tertiary/aromatic N) is 1. The van der Waals surface area contributed by atoms with Crippen LogP contribution in [0.1, 0.15) is 16.1 Å². The number of rotatable bonds is 3. The molecule has 20 heavy (non-hydrogen) atoms. The van der Waals surface area contributed by atoms with Gasteiger partial charge in [0.1, 0.15) is 11.4 Å². The summed E-state index contributed by atoms with van der Waals surface area (Å²) in [7, 11) is 1.13. The summed E-state index contributed by atoms with van der Waals surface area (Å²) < 4.78 is 47.7. The summed E-state index contributed by atoms with van der Waals surface area (Å²) >= 11 is 0. The molecule has 0 atom stereocenters. The zero-order valence-corrected chi connectivity index (χ0v) is 10.1. The van der Waals surface area contributed by atoms with Crippen LogP contribution in [0.4, 0.5) is 13.2 Å². The van der Waals surface area contributed by atoms with Crippen LogP contribution in [0.3, 0.4) is 0 Å². The molecule has 0 bridgehead atoms. The second-order valence-electron chi connectivity index (χ2n) is 3.79. The summed E-state index contributed by atoms with van der Waals surface area (Å²) in [6.45, 7) is 0. The maximum Gasteiger partial charge on any atom is 0.419 e. The van der Waals surface area contributed by atoms with Gasteiger partial charge < -0.3 is 14.4 Å². The number of carbonyl (C=O) groups is 1. The summed E-state index contributed by atoms with van der Waals surface area (Å²) in [4.78, 5) is 10.6. The summed E-state index contributed by atoms with van der Waals surface area (Å²) in [5.74, 6) is -2.14. The highest BCUT2D eigenvalue weighted by atomic mass is 19.4. The molecule has 8 heteroatoms. The van der Waals surface area contributed by atoms with E-state index in [0.717, 1.165) is 25.3 Å². The third-order valence-corrected chi connectivity index (χ3v) is 2.52. The van der Waals surface area contributed by atoms with Gasteiger partial charge in [-0.15, -0.1) is 0 Å². The number of alkyl halides is 3. The molecule has 0 aliphatic carbocycles. The van der Waals surface area contributed by atoms with Gasteiger partial charge in [-0.25, -0.2) is 4.79 Å². The average molecular weight is 287 g/mol. The van der Waals surface area contributed by atoms with Crippen molar-refractivity contribution < 1.29 is 32.3 Å². The van der Waals surface area contributed by atoms with Crippen molar-refractivity contribution in [2.45, 2.75) is 6.18 Å². The quantitative estimate of drug-likeness (QED) is 0.939. The Labute approximate surface area is 110 Å². The molecule has 0 fully saturated rings. The van der Waals surface area contributed by atoms with Gasteiger partial charge in [0.15, 0.2) is 0 Å². The Bertz CT molecular complexity index is 648. The minimum absolute atomic E-state index is 0.00412. The van der Waals surface area contributed by atoms with Crippen LogP contribution < -0.4 is 4.74 Å². The predicted octanol–water partition coefficient (Wildman–Crippen LogP) is 3.07. The van der Waals surface area contributed by atoms with Gasteiger partial charge in [-0.3, -0.25) is 0 Å². The van der Waals surface area contributed by atoms with Crippen LogP contribution in [-0.4, -0.2) is 23.3 Å². The molecule has 2 rings (SSSR count). The van der Waals surface area contributed by atoms with Crippen molar-refractivity contribution in [1.29, 1.82) is 0 Å². The van der Waals surface area contributed by atoms with E-state index in [2.05, 4.69) is 14.4 Å². The zero-order chi connectivity index (χ0) is 14.9. The molecule has 0 spiro atoms. The highest BCUT2D eigenvalue weighted by Gasteiger charge is 2.34. The van der Waals surface area contributed by atoms with E-state index in [1.165, 1.54) is 6.07 Å². The Balaban J connectivity index is 2.50. The molecule has 106 valence electrons. The molecule has 2 aromatic rings. The average Bonchev–Trinajstić information content (AvgIpc) is 2.86. The molecule has 0 saturated heterocycles. The lowest BCUT2D eigenvalue weighted by Gasteiger charge is -2.12. The molecule has 1 aromatic carbocycles. The number of benzene rings is 1. The molecule has 1 N–H and O–H groups in total. The number of ether oxygens (including phenoxy) is 1. The second kappa shape index (κ2) is 4.87. The highest BCUT2D eigenvalue weighted by Crippen LogP contribution is 2.38. The number of hydrogen-bond acceptors (Lipinski definition) is 4. The van der Waals surface area contributed by atoms with Gasteiger partial charge in [0.05, 0.1) is 12.7 Å². The Morgan fingerprint density at radius 1 is 1.35 bits per heavy atom. The summed E-state index contributed by atoms with van der Waals surface area (Å²) in [5, 5.41) is 12.1. The van der Waals surface area contributed by atoms with Gasteiger partial charge in [0.25, 0.3) is 0 Å². The molecule has 0 unspecified atom stereocenters. The number of hydrogen-bond donors (Lipinski definition) is 1. The lowest BCUT2D eigenvalue weighted by Crippen LogP contribution is -2.07. The van der Waals surface area contributed by atoms with Gasteiger partial charge in [0.2, 0.25) is 5.76 Å². The topological polar surface area (TPSA) is 72.6 Å². The highest BCUT2D eigenvalue weighted by molar-refractivity contribution is 5.85. The predicted molar refractivity (Wildman–Crippen MR) is 60.5 cm³/mol. The van der Waals surface area contributed by atoms with E-state index in [0.29, 0.717) is 0 Å². The van der Waals surface area contributed by atoms with E-state index in [4.69, 9.17) is 5.11 Å². The summed E-state index contributed by atoms with van der Waals surface area (Å²) in [5.41, 5.74) is -0.901. The Hall–Kier alpha value is -2.51. The van der Waals surface area contributed by atoms with Crippen LogP contribution in [0.5, 0.6) is 5.75 Å². The lowest BCUT2D eigenvalue weighted by molar-refractivity contribution is -0.138. The molecule has 0 aliphatic rings. The first-order chi connectivity index (χ1) is 9.32. The Morgan fingerprint density at radius 3 is 2.55 bits per heavy atom. The van der Waals surface area contributed by atoms with Crippen molar-refractivity contribution in [3.63, 3.8) is 0 Å². The van der Waals surface area contributed by atoms with Crippen molar-refractivity contribution in [3.8, 4) is 17.0 Å². The molecular formula is C12H8F3NO4. The number of aromatic nitrogens is 1. The molecule has 1 heterocycles. The Kier molecular flexibility index (Phi) is 3.39. The van der Waals surface area contributed by atoms with Crippen LogP contribution in [0.25, 0.3) is 11.3 Å². The number of carboxylic acid groups (broad SMARTS) is 1. The third-order valence-electron chi connectivity index (χ3n) is 2.52. The van der Waals surface area contributed by atoms with Gasteiger partial charge >= 0.3 is 12.1 Å². The second-order valence-corrected chi connectivity index (χ2v) is 3.79.